The van der Waals surface area contributed by atoms with E-state index in [1.54, 1.807) is 7.11 Å². The van der Waals surface area contributed by atoms with Crippen LogP contribution in [-0.2, 0) is 19.4 Å². The quantitative estimate of drug-likeness (QED) is 0.667. The molecule has 2 heterocycles. The molecule has 0 aliphatic heterocycles. The van der Waals surface area contributed by atoms with Crippen molar-refractivity contribution in [3.63, 3.8) is 0 Å². The van der Waals surface area contributed by atoms with E-state index in [0.717, 1.165) is 16.8 Å². The lowest BCUT2D eigenvalue weighted by molar-refractivity contribution is 0.414. The first kappa shape index (κ1) is 18.4. The number of hydrogen-bond acceptors (Lipinski definition) is 6. The molecule has 0 bridgehead atoms. The van der Waals surface area contributed by atoms with E-state index in [0.29, 0.717) is 30.2 Å². The lowest BCUT2D eigenvalue weighted by Gasteiger charge is -2.10. The van der Waals surface area contributed by atoms with E-state index < -0.39 is 5.56 Å². The summed E-state index contributed by atoms with van der Waals surface area (Å²) < 4.78 is 12.0. The summed E-state index contributed by atoms with van der Waals surface area (Å²) in [4.78, 5) is 17.1. The molecule has 0 N–H and O–H groups in total. The van der Waals surface area contributed by atoms with Gasteiger partial charge in [-0.2, -0.15) is 10.4 Å². The standard InChI is InChI=1S/C20H20N4O3/c1-4-16-17(10-21)20(25)24(23-18(16)5-2)11-14-12-27-19(22-14)13-7-6-8-15(9-13)26-3/h6-9,12H,4-5,11H2,1-3H3. The maximum atomic E-state index is 12.6. The van der Waals surface area contributed by atoms with Crippen molar-refractivity contribution in [1.29, 1.82) is 5.26 Å². The number of methoxy groups -OCH3 is 1. The minimum atomic E-state index is -0.405. The molecule has 0 saturated carbocycles. The summed E-state index contributed by atoms with van der Waals surface area (Å²) in [7, 11) is 1.59. The number of aryl methyl sites for hydroxylation is 1. The Morgan fingerprint density at radius 1 is 1.30 bits per heavy atom. The molecule has 2 aromatic heterocycles. The molecule has 7 nitrogen and oxygen atoms in total. The van der Waals surface area contributed by atoms with Crippen LogP contribution in [0.4, 0.5) is 0 Å². The summed E-state index contributed by atoms with van der Waals surface area (Å²) in [5.74, 6) is 1.13. The molecule has 0 atom stereocenters. The number of hydrogen-bond donors (Lipinski definition) is 0. The van der Waals surface area contributed by atoms with E-state index in [1.807, 2.05) is 44.2 Å². The van der Waals surface area contributed by atoms with Crippen LogP contribution in [0.3, 0.4) is 0 Å². The SMILES string of the molecule is CCc1nn(Cc2coc(-c3cccc(OC)c3)n2)c(=O)c(C#N)c1CC. The Hall–Kier alpha value is -3.40. The molecule has 0 aliphatic rings. The normalized spacial score (nSPS) is 10.6. The summed E-state index contributed by atoms with van der Waals surface area (Å²) in [5.41, 5.74) is 2.55. The zero-order valence-electron chi connectivity index (χ0n) is 15.5. The maximum absolute atomic E-state index is 12.6. The number of benzene rings is 1. The summed E-state index contributed by atoms with van der Waals surface area (Å²) in [6.07, 6.45) is 2.74. The highest BCUT2D eigenvalue weighted by atomic mass is 16.5. The second kappa shape index (κ2) is 7.87. The van der Waals surface area contributed by atoms with Crippen molar-refractivity contribution in [1.82, 2.24) is 14.8 Å². The highest BCUT2D eigenvalue weighted by Gasteiger charge is 2.16. The number of aromatic nitrogens is 3. The first-order valence-electron chi connectivity index (χ1n) is 8.73. The van der Waals surface area contributed by atoms with Crippen LogP contribution in [0.1, 0.15) is 36.4 Å². The third-order valence-electron chi connectivity index (χ3n) is 4.32. The Kier molecular flexibility index (Phi) is 5.36. The van der Waals surface area contributed by atoms with E-state index in [4.69, 9.17) is 9.15 Å². The van der Waals surface area contributed by atoms with E-state index >= 15 is 0 Å². The summed E-state index contributed by atoms with van der Waals surface area (Å²) in [5, 5.41) is 13.8. The van der Waals surface area contributed by atoms with Gasteiger partial charge in [0.15, 0.2) is 0 Å². The minimum Gasteiger partial charge on any atom is -0.497 e. The van der Waals surface area contributed by atoms with Crippen molar-refractivity contribution in [2.24, 2.45) is 0 Å². The average Bonchev–Trinajstić information content (AvgIpc) is 3.17. The zero-order valence-corrected chi connectivity index (χ0v) is 15.5. The molecule has 0 unspecified atom stereocenters. The van der Waals surface area contributed by atoms with Crippen molar-refractivity contribution in [2.75, 3.05) is 7.11 Å². The van der Waals surface area contributed by atoms with Gasteiger partial charge in [0.05, 0.1) is 19.3 Å². The number of rotatable bonds is 6. The molecule has 7 heteroatoms. The van der Waals surface area contributed by atoms with Crippen LogP contribution >= 0.6 is 0 Å². The largest absolute Gasteiger partial charge is 0.497 e. The Morgan fingerprint density at radius 3 is 2.78 bits per heavy atom. The molecule has 27 heavy (non-hydrogen) atoms. The summed E-state index contributed by atoms with van der Waals surface area (Å²) in [6, 6.07) is 9.39. The monoisotopic (exact) mass is 364 g/mol. The Morgan fingerprint density at radius 2 is 2.11 bits per heavy atom. The van der Waals surface area contributed by atoms with Gasteiger partial charge in [-0.3, -0.25) is 4.79 Å². The van der Waals surface area contributed by atoms with Crippen LogP contribution in [0.5, 0.6) is 5.75 Å². The van der Waals surface area contributed by atoms with Gasteiger partial charge in [0.1, 0.15) is 29.3 Å². The predicted molar refractivity (Wildman–Crippen MR) is 99.6 cm³/mol. The predicted octanol–water partition coefficient (Wildman–Crippen LogP) is 2.95. The van der Waals surface area contributed by atoms with Crippen LogP contribution in [-0.4, -0.2) is 21.9 Å². The molecule has 0 amide bonds. The number of nitriles is 1. The van der Waals surface area contributed by atoms with Crippen molar-refractivity contribution in [2.45, 2.75) is 33.2 Å². The Labute approximate surface area is 156 Å². The fourth-order valence-corrected chi connectivity index (χ4v) is 2.96. The zero-order chi connectivity index (χ0) is 19.4. The van der Waals surface area contributed by atoms with E-state index in [9.17, 15) is 10.1 Å². The maximum Gasteiger partial charge on any atom is 0.285 e. The molecule has 0 saturated heterocycles. The van der Waals surface area contributed by atoms with Crippen LogP contribution in [0.15, 0.2) is 39.7 Å². The van der Waals surface area contributed by atoms with Crippen molar-refractivity contribution >= 4 is 0 Å². The number of ether oxygens (including phenoxy) is 1. The first-order chi connectivity index (χ1) is 13.1. The van der Waals surface area contributed by atoms with Crippen molar-refractivity contribution < 1.29 is 9.15 Å². The molecule has 138 valence electrons. The lowest BCUT2D eigenvalue weighted by Crippen LogP contribution is -2.29. The lowest BCUT2D eigenvalue weighted by atomic mass is 10.0. The second-order valence-corrected chi connectivity index (χ2v) is 5.96. The molecule has 0 aliphatic carbocycles. The second-order valence-electron chi connectivity index (χ2n) is 5.96. The van der Waals surface area contributed by atoms with Gasteiger partial charge in [-0.1, -0.05) is 19.9 Å². The topological polar surface area (TPSA) is 93.9 Å². The molecule has 3 aromatic rings. The fourth-order valence-electron chi connectivity index (χ4n) is 2.96. The van der Waals surface area contributed by atoms with Crippen molar-refractivity contribution in [3.05, 3.63) is 63.4 Å². The third-order valence-corrected chi connectivity index (χ3v) is 4.32. The smallest absolute Gasteiger partial charge is 0.285 e. The van der Waals surface area contributed by atoms with Crippen LogP contribution in [0, 0.1) is 11.3 Å². The van der Waals surface area contributed by atoms with Gasteiger partial charge in [-0.05, 0) is 36.6 Å². The van der Waals surface area contributed by atoms with E-state index in [1.165, 1.54) is 10.9 Å². The van der Waals surface area contributed by atoms with Gasteiger partial charge in [-0.25, -0.2) is 9.67 Å². The molecule has 0 radical (unpaired) electrons. The molecule has 3 rings (SSSR count). The van der Waals surface area contributed by atoms with E-state index in [2.05, 4.69) is 10.1 Å². The minimum absolute atomic E-state index is 0.137. The van der Waals surface area contributed by atoms with Gasteiger partial charge in [-0.15, -0.1) is 0 Å². The van der Waals surface area contributed by atoms with Crippen LogP contribution < -0.4 is 10.3 Å². The fraction of sp³-hybridized carbons (Fsp3) is 0.300. The van der Waals surface area contributed by atoms with Gasteiger partial charge in [0.2, 0.25) is 5.89 Å². The third kappa shape index (κ3) is 3.60. The number of nitrogens with zero attached hydrogens (tertiary/aromatic N) is 4. The summed E-state index contributed by atoms with van der Waals surface area (Å²) in [6.45, 7) is 4.01. The first-order valence-corrected chi connectivity index (χ1v) is 8.73. The van der Waals surface area contributed by atoms with E-state index in [-0.39, 0.29) is 12.1 Å². The highest BCUT2D eigenvalue weighted by Crippen LogP contribution is 2.23. The summed E-state index contributed by atoms with van der Waals surface area (Å²) >= 11 is 0. The van der Waals surface area contributed by atoms with Gasteiger partial charge >= 0.3 is 0 Å². The van der Waals surface area contributed by atoms with Crippen LogP contribution in [0.2, 0.25) is 0 Å². The number of oxazole rings is 1. The van der Waals surface area contributed by atoms with Gasteiger partial charge < -0.3 is 9.15 Å². The Balaban J connectivity index is 1.96. The molecule has 0 fully saturated rings. The van der Waals surface area contributed by atoms with Gasteiger partial charge in [0.25, 0.3) is 5.56 Å². The molecular weight excluding hydrogens is 344 g/mol. The Bertz CT molecular complexity index is 1060. The molecule has 0 spiro atoms. The molecular formula is C20H20N4O3. The van der Waals surface area contributed by atoms with Crippen molar-refractivity contribution in [3.8, 4) is 23.3 Å². The highest BCUT2D eigenvalue weighted by molar-refractivity contribution is 5.56. The average molecular weight is 364 g/mol. The van der Waals surface area contributed by atoms with Crippen LogP contribution in [0.25, 0.3) is 11.5 Å². The molecule has 1 aromatic carbocycles. The van der Waals surface area contributed by atoms with Gasteiger partial charge in [0, 0.05) is 5.56 Å².